The number of carbonyl (C=O) groups is 1. The lowest BCUT2D eigenvalue weighted by Gasteiger charge is -2.34. The summed E-state index contributed by atoms with van der Waals surface area (Å²) in [5.74, 6) is 0.673. The number of carbonyl (C=O) groups excluding carboxylic acids is 1. The Morgan fingerprint density at radius 3 is 2.50 bits per heavy atom. The number of amides is 1. The van der Waals surface area contributed by atoms with Gasteiger partial charge in [0.25, 0.3) is 0 Å². The van der Waals surface area contributed by atoms with Crippen LogP contribution in [-0.2, 0) is 9.53 Å². The van der Waals surface area contributed by atoms with Gasteiger partial charge in [0.2, 0.25) is 5.91 Å². The van der Waals surface area contributed by atoms with Gasteiger partial charge in [-0.25, -0.2) is 0 Å². The summed E-state index contributed by atoms with van der Waals surface area (Å²) in [6, 6.07) is 0.283. The monoisotopic (exact) mass is 228 g/mol. The molecule has 1 amide bonds. The molecule has 0 saturated heterocycles. The SMILES string of the molecule is COCCN(C(=O)C(C)(C)N)C(C)C1CC1. The predicted molar refractivity (Wildman–Crippen MR) is 64.0 cm³/mol. The van der Waals surface area contributed by atoms with Crippen molar-refractivity contribution in [1.82, 2.24) is 4.90 Å². The van der Waals surface area contributed by atoms with Crippen molar-refractivity contribution in [3.05, 3.63) is 0 Å². The fraction of sp³-hybridized carbons (Fsp3) is 0.917. The molecule has 0 aliphatic heterocycles. The lowest BCUT2D eigenvalue weighted by Crippen LogP contribution is -2.55. The van der Waals surface area contributed by atoms with E-state index in [0.717, 1.165) is 0 Å². The molecule has 0 radical (unpaired) electrons. The van der Waals surface area contributed by atoms with Crippen molar-refractivity contribution in [2.45, 2.75) is 45.2 Å². The number of ether oxygens (including phenoxy) is 1. The largest absolute Gasteiger partial charge is 0.383 e. The predicted octanol–water partition coefficient (Wildman–Crippen LogP) is 0.997. The van der Waals surface area contributed by atoms with Gasteiger partial charge in [-0.05, 0) is 39.5 Å². The zero-order valence-corrected chi connectivity index (χ0v) is 10.8. The highest BCUT2D eigenvalue weighted by atomic mass is 16.5. The molecule has 1 saturated carbocycles. The lowest BCUT2D eigenvalue weighted by molar-refractivity contribution is -0.139. The maximum absolute atomic E-state index is 12.2. The quantitative estimate of drug-likeness (QED) is 0.738. The molecule has 0 aromatic carbocycles. The van der Waals surface area contributed by atoms with E-state index in [0.29, 0.717) is 19.1 Å². The van der Waals surface area contributed by atoms with Crippen LogP contribution < -0.4 is 5.73 Å². The van der Waals surface area contributed by atoms with Gasteiger partial charge in [0.1, 0.15) is 0 Å². The molecule has 1 rings (SSSR count). The molecule has 1 aliphatic rings. The third-order valence-electron chi connectivity index (χ3n) is 3.14. The van der Waals surface area contributed by atoms with E-state index in [4.69, 9.17) is 10.5 Å². The Balaban J connectivity index is 2.65. The Morgan fingerprint density at radius 1 is 1.56 bits per heavy atom. The smallest absolute Gasteiger partial charge is 0.242 e. The summed E-state index contributed by atoms with van der Waals surface area (Å²) in [6.45, 7) is 6.83. The Labute approximate surface area is 98.1 Å². The van der Waals surface area contributed by atoms with Gasteiger partial charge in [-0.3, -0.25) is 4.79 Å². The van der Waals surface area contributed by atoms with Crippen LogP contribution in [-0.4, -0.2) is 42.6 Å². The molecule has 2 N–H and O–H groups in total. The van der Waals surface area contributed by atoms with Crippen molar-refractivity contribution in [3.63, 3.8) is 0 Å². The van der Waals surface area contributed by atoms with Crippen LogP contribution in [0.2, 0.25) is 0 Å². The van der Waals surface area contributed by atoms with Crippen molar-refractivity contribution < 1.29 is 9.53 Å². The second-order valence-corrected chi connectivity index (χ2v) is 5.29. The summed E-state index contributed by atoms with van der Waals surface area (Å²) in [5, 5.41) is 0. The van der Waals surface area contributed by atoms with E-state index in [1.165, 1.54) is 12.8 Å². The van der Waals surface area contributed by atoms with Crippen LogP contribution in [0.3, 0.4) is 0 Å². The molecule has 16 heavy (non-hydrogen) atoms. The summed E-state index contributed by atoms with van der Waals surface area (Å²) in [4.78, 5) is 14.1. The summed E-state index contributed by atoms with van der Waals surface area (Å²) >= 11 is 0. The molecule has 0 aromatic heterocycles. The third-order valence-corrected chi connectivity index (χ3v) is 3.14. The summed E-state index contributed by atoms with van der Waals surface area (Å²) in [6.07, 6.45) is 2.45. The van der Waals surface area contributed by atoms with E-state index in [1.54, 1.807) is 21.0 Å². The highest BCUT2D eigenvalue weighted by Crippen LogP contribution is 2.35. The second-order valence-electron chi connectivity index (χ2n) is 5.29. The zero-order valence-electron chi connectivity index (χ0n) is 10.8. The molecular formula is C12H24N2O2. The number of nitrogens with zero attached hydrogens (tertiary/aromatic N) is 1. The maximum atomic E-state index is 12.2. The van der Waals surface area contributed by atoms with Gasteiger partial charge in [-0.1, -0.05) is 0 Å². The fourth-order valence-corrected chi connectivity index (χ4v) is 1.88. The van der Waals surface area contributed by atoms with Gasteiger partial charge >= 0.3 is 0 Å². The molecule has 0 bridgehead atoms. The minimum Gasteiger partial charge on any atom is -0.383 e. The summed E-state index contributed by atoms with van der Waals surface area (Å²) in [5.41, 5.74) is 5.08. The maximum Gasteiger partial charge on any atom is 0.242 e. The van der Waals surface area contributed by atoms with E-state index in [9.17, 15) is 4.79 Å². The van der Waals surface area contributed by atoms with E-state index < -0.39 is 5.54 Å². The van der Waals surface area contributed by atoms with Crippen LogP contribution >= 0.6 is 0 Å². The van der Waals surface area contributed by atoms with Crippen molar-refractivity contribution in [2.75, 3.05) is 20.3 Å². The van der Waals surface area contributed by atoms with Crippen molar-refractivity contribution >= 4 is 5.91 Å². The molecule has 4 heteroatoms. The van der Waals surface area contributed by atoms with Crippen LogP contribution in [0.15, 0.2) is 0 Å². The van der Waals surface area contributed by atoms with E-state index in [-0.39, 0.29) is 11.9 Å². The van der Waals surface area contributed by atoms with E-state index in [2.05, 4.69) is 6.92 Å². The average molecular weight is 228 g/mol. The first-order valence-corrected chi connectivity index (χ1v) is 5.96. The van der Waals surface area contributed by atoms with Gasteiger partial charge in [0, 0.05) is 19.7 Å². The minimum atomic E-state index is -0.795. The minimum absolute atomic E-state index is 0.0175. The van der Waals surface area contributed by atoms with Gasteiger partial charge in [-0.15, -0.1) is 0 Å². The standard InChI is InChI=1S/C12H24N2O2/c1-9(10-5-6-10)14(7-8-16-4)11(15)12(2,3)13/h9-10H,5-8,13H2,1-4H3. The van der Waals surface area contributed by atoms with Crippen LogP contribution in [0.5, 0.6) is 0 Å². The molecule has 94 valence electrons. The van der Waals surface area contributed by atoms with Gasteiger partial charge < -0.3 is 15.4 Å². The fourth-order valence-electron chi connectivity index (χ4n) is 1.88. The number of hydrogen-bond donors (Lipinski definition) is 1. The average Bonchev–Trinajstić information content (AvgIpc) is 2.99. The number of rotatable bonds is 6. The molecule has 0 heterocycles. The number of nitrogens with two attached hydrogens (primary N) is 1. The van der Waals surface area contributed by atoms with Gasteiger partial charge in [-0.2, -0.15) is 0 Å². The van der Waals surface area contributed by atoms with Gasteiger partial charge in [0.15, 0.2) is 0 Å². The zero-order chi connectivity index (χ0) is 12.3. The Kier molecular flexibility index (Phi) is 4.33. The first-order valence-electron chi connectivity index (χ1n) is 5.96. The van der Waals surface area contributed by atoms with Gasteiger partial charge in [0.05, 0.1) is 12.1 Å². The Morgan fingerprint density at radius 2 is 2.12 bits per heavy atom. The molecule has 0 aromatic rings. The Bertz CT molecular complexity index is 244. The van der Waals surface area contributed by atoms with Crippen molar-refractivity contribution in [2.24, 2.45) is 11.7 Å². The molecular weight excluding hydrogens is 204 g/mol. The Hall–Kier alpha value is -0.610. The first kappa shape index (κ1) is 13.5. The summed E-state index contributed by atoms with van der Waals surface area (Å²) in [7, 11) is 1.65. The van der Waals surface area contributed by atoms with Crippen LogP contribution in [0.1, 0.15) is 33.6 Å². The van der Waals surface area contributed by atoms with Crippen LogP contribution in [0.4, 0.5) is 0 Å². The van der Waals surface area contributed by atoms with E-state index >= 15 is 0 Å². The molecule has 0 spiro atoms. The van der Waals surface area contributed by atoms with Crippen LogP contribution in [0, 0.1) is 5.92 Å². The second kappa shape index (κ2) is 5.15. The highest BCUT2D eigenvalue weighted by Gasteiger charge is 2.37. The van der Waals surface area contributed by atoms with Crippen molar-refractivity contribution in [1.29, 1.82) is 0 Å². The summed E-state index contributed by atoms with van der Waals surface area (Å²) < 4.78 is 5.05. The molecule has 1 aliphatic carbocycles. The first-order chi connectivity index (χ1) is 7.38. The molecule has 1 fully saturated rings. The van der Waals surface area contributed by atoms with Crippen molar-refractivity contribution in [3.8, 4) is 0 Å². The van der Waals surface area contributed by atoms with E-state index in [1.807, 2.05) is 4.90 Å². The number of hydrogen-bond acceptors (Lipinski definition) is 3. The highest BCUT2D eigenvalue weighted by molar-refractivity contribution is 5.85. The van der Waals surface area contributed by atoms with Crippen LogP contribution in [0.25, 0.3) is 0 Å². The lowest BCUT2D eigenvalue weighted by atomic mass is 10.0. The molecule has 1 atom stereocenters. The third kappa shape index (κ3) is 3.46. The number of methoxy groups -OCH3 is 1. The molecule has 1 unspecified atom stereocenters. The molecule has 4 nitrogen and oxygen atoms in total. The topological polar surface area (TPSA) is 55.6 Å². The normalized spacial score (nSPS) is 18.3.